The van der Waals surface area contributed by atoms with Crippen molar-refractivity contribution in [3.8, 4) is 6.07 Å². The van der Waals surface area contributed by atoms with Gasteiger partial charge in [0, 0.05) is 6.54 Å². The largest absolute Gasteiger partial charge is 0.395 e. The standard InChI is InChI=1S/C14H15N5O/c1-2-11-12(16)13(19-18-11)14(20)17-8-10-5-3-9(7-15)4-6-10/h3-6H,2,8,16H2,1H3,(H,17,20)(H,18,19). The molecule has 2 rings (SSSR count). The molecule has 0 aliphatic carbocycles. The molecule has 0 aliphatic rings. The van der Waals surface area contributed by atoms with Gasteiger partial charge in [-0.1, -0.05) is 19.1 Å². The van der Waals surface area contributed by atoms with Gasteiger partial charge in [0.15, 0.2) is 5.69 Å². The van der Waals surface area contributed by atoms with E-state index in [1.54, 1.807) is 24.3 Å². The maximum absolute atomic E-state index is 12.0. The Morgan fingerprint density at radius 3 is 2.70 bits per heavy atom. The molecular weight excluding hydrogens is 254 g/mol. The molecule has 1 heterocycles. The molecule has 102 valence electrons. The van der Waals surface area contributed by atoms with Gasteiger partial charge in [0.05, 0.1) is 23.0 Å². The average Bonchev–Trinajstić information content (AvgIpc) is 2.86. The minimum atomic E-state index is -0.317. The lowest BCUT2D eigenvalue weighted by atomic mass is 10.1. The Balaban J connectivity index is 2.01. The molecule has 0 fully saturated rings. The maximum Gasteiger partial charge on any atom is 0.274 e. The zero-order valence-corrected chi connectivity index (χ0v) is 11.1. The van der Waals surface area contributed by atoms with Crippen LogP contribution in [0, 0.1) is 11.3 Å². The van der Waals surface area contributed by atoms with Crippen LogP contribution in [0.5, 0.6) is 0 Å². The molecule has 0 unspecified atom stereocenters. The lowest BCUT2D eigenvalue weighted by molar-refractivity contribution is 0.0947. The Bertz CT molecular complexity index is 651. The Kier molecular flexibility index (Phi) is 4.01. The van der Waals surface area contributed by atoms with Gasteiger partial charge < -0.3 is 11.1 Å². The topological polar surface area (TPSA) is 108 Å². The molecule has 6 heteroatoms. The van der Waals surface area contributed by atoms with Crippen molar-refractivity contribution in [3.05, 3.63) is 46.8 Å². The summed E-state index contributed by atoms with van der Waals surface area (Å²) in [5, 5.41) is 18.1. The first-order valence-electron chi connectivity index (χ1n) is 6.25. The van der Waals surface area contributed by atoms with Crippen LogP contribution in [0.3, 0.4) is 0 Å². The van der Waals surface area contributed by atoms with E-state index in [-0.39, 0.29) is 11.6 Å². The number of carbonyl (C=O) groups is 1. The number of aromatic nitrogens is 2. The fourth-order valence-electron chi connectivity index (χ4n) is 1.79. The third-order valence-electron chi connectivity index (χ3n) is 2.99. The van der Waals surface area contributed by atoms with Crippen molar-refractivity contribution in [1.29, 1.82) is 5.26 Å². The second-order valence-electron chi connectivity index (χ2n) is 4.31. The zero-order chi connectivity index (χ0) is 14.5. The third-order valence-corrected chi connectivity index (χ3v) is 2.99. The van der Waals surface area contributed by atoms with Crippen LogP contribution in [0.15, 0.2) is 24.3 Å². The number of nitrogens with one attached hydrogen (secondary N) is 2. The third kappa shape index (κ3) is 2.78. The Hall–Kier alpha value is -2.81. The summed E-state index contributed by atoms with van der Waals surface area (Å²) >= 11 is 0. The summed E-state index contributed by atoms with van der Waals surface area (Å²) in [5.74, 6) is -0.317. The number of H-pyrrole nitrogens is 1. The van der Waals surface area contributed by atoms with E-state index in [0.29, 0.717) is 24.2 Å². The quantitative estimate of drug-likeness (QED) is 0.778. The highest BCUT2D eigenvalue weighted by Crippen LogP contribution is 2.14. The maximum atomic E-state index is 12.0. The van der Waals surface area contributed by atoms with E-state index in [1.807, 2.05) is 13.0 Å². The Morgan fingerprint density at radius 2 is 2.15 bits per heavy atom. The summed E-state index contributed by atoms with van der Waals surface area (Å²) in [5.41, 5.74) is 8.69. The highest BCUT2D eigenvalue weighted by Gasteiger charge is 2.15. The molecule has 0 saturated heterocycles. The monoisotopic (exact) mass is 269 g/mol. The number of nitrogen functional groups attached to an aromatic ring is 1. The van der Waals surface area contributed by atoms with Crippen molar-refractivity contribution >= 4 is 11.6 Å². The molecule has 0 atom stereocenters. The van der Waals surface area contributed by atoms with Crippen molar-refractivity contribution in [3.63, 3.8) is 0 Å². The van der Waals surface area contributed by atoms with Crippen LogP contribution >= 0.6 is 0 Å². The van der Waals surface area contributed by atoms with Crippen molar-refractivity contribution in [2.75, 3.05) is 5.73 Å². The van der Waals surface area contributed by atoms with Crippen LogP contribution < -0.4 is 11.1 Å². The van der Waals surface area contributed by atoms with Gasteiger partial charge in [-0.3, -0.25) is 9.89 Å². The summed E-state index contributed by atoms with van der Waals surface area (Å²) in [4.78, 5) is 12.0. The van der Waals surface area contributed by atoms with E-state index in [9.17, 15) is 4.79 Å². The second kappa shape index (κ2) is 5.89. The molecule has 0 saturated carbocycles. The van der Waals surface area contributed by atoms with Crippen LogP contribution in [0.1, 0.15) is 34.2 Å². The number of hydrogen-bond acceptors (Lipinski definition) is 4. The van der Waals surface area contributed by atoms with E-state index >= 15 is 0 Å². The van der Waals surface area contributed by atoms with Crippen molar-refractivity contribution < 1.29 is 4.79 Å². The van der Waals surface area contributed by atoms with Gasteiger partial charge in [0.1, 0.15) is 0 Å². The van der Waals surface area contributed by atoms with E-state index in [2.05, 4.69) is 15.5 Å². The lowest BCUT2D eigenvalue weighted by Gasteiger charge is -2.04. The molecule has 20 heavy (non-hydrogen) atoms. The predicted octanol–water partition coefficient (Wildman–Crippen LogP) is 1.36. The van der Waals surface area contributed by atoms with Crippen molar-refractivity contribution in [2.45, 2.75) is 19.9 Å². The second-order valence-corrected chi connectivity index (χ2v) is 4.31. The molecule has 6 nitrogen and oxygen atoms in total. The van der Waals surface area contributed by atoms with Gasteiger partial charge in [-0.15, -0.1) is 0 Å². The van der Waals surface area contributed by atoms with Crippen molar-refractivity contribution in [2.24, 2.45) is 0 Å². The molecule has 1 aromatic heterocycles. The van der Waals surface area contributed by atoms with E-state index < -0.39 is 0 Å². The first-order valence-corrected chi connectivity index (χ1v) is 6.25. The summed E-state index contributed by atoms with van der Waals surface area (Å²) in [6.07, 6.45) is 0.696. The SMILES string of the molecule is CCc1[nH]nc(C(=O)NCc2ccc(C#N)cc2)c1N. The van der Waals surface area contributed by atoms with Crippen LogP contribution in [-0.2, 0) is 13.0 Å². The number of nitrogens with zero attached hydrogens (tertiary/aromatic N) is 2. The number of aromatic amines is 1. The number of amides is 1. The predicted molar refractivity (Wildman–Crippen MR) is 74.7 cm³/mol. The lowest BCUT2D eigenvalue weighted by Crippen LogP contribution is -2.24. The number of anilines is 1. The van der Waals surface area contributed by atoms with Gasteiger partial charge in [0.25, 0.3) is 5.91 Å². The van der Waals surface area contributed by atoms with Gasteiger partial charge >= 0.3 is 0 Å². The molecule has 0 radical (unpaired) electrons. The van der Waals surface area contributed by atoms with Crippen LogP contribution in [0.4, 0.5) is 5.69 Å². The summed E-state index contributed by atoms with van der Waals surface area (Å²) < 4.78 is 0. The normalized spacial score (nSPS) is 10.0. The highest BCUT2D eigenvalue weighted by molar-refractivity contribution is 5.97. The van der Waals surface area contributed by atoms with Gasteiger partial charge in [0.2, 0.25) is 0 Å². The molecule has 4 N–H and O–H groups in total. The molecule has 0 spiro atoms. The number of carbonyl (C=O) groups excluding carboxylic acids is 1. The molecular formula is C14H15N5O. The van der Waals surface area contributed by atoms with Crippen LogP contribution in [-0.4, -0.2) is 16.1 Å². The number of aryl methyl sites for hydroxylation is 1. The molecule has 2 aromatic rings. The minimum absolute atomic E-state index is 0.218. The number of benzene rings is 1. The van der Waals surface area contributed by atoms with E-state index in [1.165, 1.54) is 0 Å². The van der Waals surface area contributed by atoms with Gasteiger partial charge in [-0.25, -0.2) is 0 Å². The summed E-state index contributed by atoms with van der Waals surface area (Å²) in [6.45, 7) is 2.29. The van der Waals surface area contributed by atoms with Gasteiger partial charge in [-0.05, 0) is 24.1 Å². The fraction of sp³-hybridized carbons (Fsp3) is 0.214. The smallest absolute Gasteiger partial charge is 0.274 e. The van der Waals surface area contributed by atoms with E-state index in [4.69, 9.17) is 11.0 Å². The summed E-state index contributed by atoms with van der Waals surface area (Å²) in [7, 11) is 0. The minimum Gasteiger partial charge on any atom is -0.395 e. The Morgan fingerprint density at radius 1 is 1.45 bits per heavy atom. The molecule has 1 amide bonds. The fourth-order valence-corrected chi connectivity index (χ4v) is 1.79. The molecule has 1 aromatic carbocycles. The first-order chi connectivity index (χ1) is 9.65. The molecule has 0 aliphatic heterocycles. The number of nitrogens with two attached hydrogens (primary N) is 1. The summed E-state index contributed by atoms with van der Waals surface area (Å²) in [6, 6.07) is 9.05. The zero-order valence-electron chi connectivity index (χ0n) is 11.1. The van der Waals surface area contributed by atoms with Crippen LogP contribution in [0.25, 0.3) is 0 Å². The number of rotatable bonds is 4. The number of hydrogen-bond donors (Lipinski definition) is 3. The van der Waals surface area contributed by atoms with Gasteiger partial charge in [-0.2, -0.15) is 10.4 Å². The number of nitriles is 1. The average molecular weight is 269 g/mol. The van der Waals surface area contributed by atoms with E-state index in [0.717, 1.165) is 11.3 Å². The molecule has 0 bridgehead atoms. The Labute approximate surface area is 116 Å². The highest BCUT2D eigenvalue weighted by atomic mass is 16.1. The van der Waals surface area contributed by atoms with Crippen LogP contribution in [0.2, 0.25) is 0 Å². The van der Waals surface area contributed by atoms with Crippen molar-refractivity contribution in [1.82, 2.24) is 15.5 Å². The first kappa shape index (κ1) is 13.6.